The summed E-state index contributed by atoms with van der Waals surface area (Å²) in [5.74, 6) is -0.0777. The molecule has 0 aromatic carbocycles. The fraction of sp³-hybridized carbons (Fsp3) is 0.591. The summed E-state index contributed by atoms with van der Waals surface area (Å²) in [7, 11) is -3.77. The summed E-state index contributed by atoms with van der Waals surface area (Å²) in [5.41, 5.74) is 1.11. The normalized spacial score (nSPS) is 20.7. The number of furan rings is 1. The molecule has 0 radical (unpaired) electrons. The second kappa shape index (κ2) is 9.30. The lowest BCUT2D eigenvalue weighted by molar-refractivity contribution is -0.137. The Morgan fingerprint density at radius 1 is 1.12 bits per heavy atom. The van der Waals surface area contributed by atoms with Crippen LogP contribution in [-0.2, 0) is 14.8 Å². The third kappa shape index (κ3) is 4.70. The van der Waals surface area contributed by atoms with E-state index in [9.17, 15) is 18.0 Å². The number of carbonyl (C=O) groups is 2. The van der Waals surface area contributed by atoms with Crippen LogP contribution in [0.1, 0.15) is 53.3 Å². The van der Waals surface area contributed by atoms with Crippen molar-refractivity contribution in [2.24, 2.45) is 5.92 Å². The molecule has 1 N–H and O–H groups in total. The number of aromatic nitrogens is 1. The highest BCUT2D eigenvalue weighted by Crippen LogP contribution is 2.29. The Morgan fingerprint density at radius 3 is 2.45 bits per heavy atom. The van der Waals surface area contributed by atoms with Gasteiger partial charge in [0.25, 0.3) is 5.91 Å². The molecule has 1 unspecified atom stereocenters. The SMILES string of the molecule is Cc1ccoc1C(=O)NC1CCN(C(=O)C2CCCN(S(=O)(=O)c3c(C)noc3C)C2)CC1. The summed E-state index contributed by atoms with van der Waals surface area (Å²) in [5, 5.41) is 6.74. The first-order valence-corrected chi connectivity index (χ1v) is 12.7. The number of sulfonamides is 1. The number of amides is 2. The first-order valence-electron chi connectivity index (χ1n) is 11.2. The van der Waals surface area contributed by atoms with Gasteiger partial charge in [-0.25, -0.2) is 8.42 Å². The second-order valence-electron chi connectivity index (χ2n) is 8.86. The average molecular weight is 479 g/mol. The van der Waals surface area contributed by atoms with E-state index >= 15 is 0 Å². The van der Waals surface area contributed by atoms with Crippen LogP contribution in [0.3, 0.4) is 0 Å². The zero-order chi connectivity index (χ0) is 23.8. The maximum atomic E-state index is 13.2. The number of hydrogen-bond acceptors (Lipinski definition) is 7. The minimum atomic E-state index is -3.77. The summed E-state index contributed by atoms with van der Waals surface area (Å²) >= 11 is 0. The molecule has 2 aromatic rings. The summed E-state index contributed by atoms with van der Waals surface area (Å²) in [6, 6.07) is 1.71. The number of nitrogens with zero attached hydrogens (tertiary/aromatic N) is 3. The molecule has 1 atom stereocenters. The molecule has 0 aliphatic carbocycles. The number of aryl methyl sites for hydroxylation is 3. The quantitative estimate of drug-likeness (QED) is 0.697. The van der Waals surface area contributed by atoms with Crippen molar-refractivity contribution >= 4 is 21.8 Å². The number of carbonyl (C=O) groups excluding carboxylic acids is 2. The number of rotatable bonds is 5. The lowest BCUT2D eigenvalue weighted by atomic mass is 9.96. The monoisotopic (exact) mass is 478 g/mol. The van der Waals surface area contributed by atoms with Crippen molar-refractivity contribution < 1.29 is 26.9 Å². The molecule has 33 heavy (non-hydrogen) atoms. The number of piperidine rings is 2. The van der Waals surface area contributed by atoms with Gasteiger partial charge in [-0.15, -0.1) is 0 Å². The summed E-state index contributed by atoms with van der Waals surface area (Å²) in [4.78, 5) is 27.4. The Balaban J connectivity index is 1.34. The largest absolute Gasteiger partial charge is 0.459 e. The maximum Gasteiger partial charge on any atom is 0.287 e. The molecule has 2 aliphatic rings. The van der Waals surface area contributed by atoms with Crippen molar-refractivity contribution in [2.75, 3.05) is 26.2 Å². The van der Waals surface area contributed by atoms with Crippen LogP contribution < -0.4 is 5.32 Å². The molecule has 2 amide bonds. The Kier molecular flexibility index (Phi) is 6.62. The van der Waals surface area contributed by atoms with Gasteiger partial charge in [-0.1, -0.05) is 5.16 Å². The van der Waals surface area contributed by atoms with Gasteiger partial charge >= 0.3 is 0 Å². The molecule has 0 spiro atoms. The number of hydrogen-bond donors (Lipinski definition) is 1. The maximum absolute atomic E-state index is 13.2. The van der Waals surface area contributed by atoms with Crippen molar-refractivity contribution in [3.63, 3.8) is 0 Å². The number of likely N-dealkylation sites (tertiary alicyclic amines) is 1. The molecule has 11 heteroatoms. The topological polar surface area (TPSA) is 126 Å². The Bertz CT molecular complexity index is 1110. The molecule has 0 bridgehead atoms. The molecular formula is C22H30N4O6S. The van der Waals surface area contributed by atoms with Gasteiger partial charge in [-0.05, 0) is 52.5 Å². The van der Waals surface area contributed by atoms with Gasteiger partial charge in [0.1, 0.15) is 10.6 Å². The Morgan fingerprint density at radius 2 is 1.85 bits per heavy atom. The highest BCUT2D eigenvalue weighted by atomic mass is 32.2. The van der Waals surface area contributed by atoms with Crippen LogP contribution in [0.4, 0.5) is 0 Å². The lowest BCUT2D eigenvalue weighted by Crippen LogP contribution is -2.51. The van der Waals surface area contributed by atoms with Crippen LogP contribution in [0.2, 0.25) is 0 Å². The van der Waals surface area contributed by atoms with Crippen LogP contribution in [0.25, 0.3) is 0 Å². The van der Waals surface area contributed by atoms with E-state index in [0.717, 1.165) is 5.56 Å². The predicted molar refractivity (Wildman–Crippen MR) is 118 cm³/mol. The van der Waals surface area contributed by atoms with E-state index in [1.165, 1.54) is 10.6 Å². The molecule has 4 rings (SSSR count). The fourth-order valence-corrected chi connectivity index (χ4v) is 6.51. The molecule has 2 aliphatic heterocycles. The number of nitrogens with one attached hydrogen (secondary N) is 1. The molecule has 4 heterocycles. The first kappa shape index (κ1) is 23.5. The van der Waals surface area contributed by atoms with Gasteiger partial charge in [0.2, 0.25) is 15.9 Å². The minimum absolute atomic E-state index is 0.0275. The van der Waals surface area contributed by atoms with Crippen LogP contribution in [-0.4, -0.2) is 66.8 Å². The summed E-state index contributed by atoms with van der Waals surface area (Å²) in [6.45, 7) is 6.57. The first-order chi connectivity index (χ1) is 15.7. The third-order valence-electron chi connectivity index (χ3n) is 6.51. The zero-order valence-corrected chi connectivity index (χ0v) is 20.0. The highest BCUT2D eigenvalue weighted by Gasteiger charge is 2.38. The van der Waals surface area contributed by atoms with Crippen LogP contribution in [0.5, 0.6) is 0 Å². The van der Waals surface area contributed by atoms with Gasteiger partial charge < -0.3 is 19.2 Å². The van der Waals surface area contributed by atoms with Crippen molar-refractivity contribution in [3.8, 4) is 0 Å². The van der Waals surface area contributed by atoms with Crippen molar-refractivity contribution in [1.82, 2.24) is 19.7 Å². The van der Waals surface area contributed by atoms with Gasteiger partial charge in [0.05, 0.1) is 12.2 Å². The van der Waals surface area contributed by atoms with Gasteiger partial charge in [-0.2, -0.15) is 4.31 Å². The summed E-state index contributed by atoms with van der Waals surface area (Å²) < 4.78 is 38.0. The zero-order valence-electron chi connectivity index (χ0n) is 19.2. The van der Waals surface area contributed by atoms with Crippen LogP contribution in [0.15, 0.2) is 26.2 Å². The van der Waals surface area contributed by atoms with Gasteiger partial charge in [-0.3, -0.25) is 9.59 Å². The standard InChI is InChI=1S/C22H30N4O6S/c1-14-8-12-31-19(14)21(27)23-18-6-10-25(11-7-18)22(28)17-5-4-9-26(13-17)33(29,30)20-15(2)24-32-16(20)3/h8,12,17-18H,4-7,9-11,13H2,1-3H3,(H,23,27). The van der Waals surface area contributed by atoms with E-state index in [0.29, 0.717) is 56.8 Å². The third-order valence-corrected chi connectivity index (χ3v) is 8.62. The van der Waals surface area contributed by atoms with E-state index in [-0.39, 0.29) is 41.0 Å². The van der Waals surface area contributed by atoms with Crippen LogP contribution in [0, 0.1) is 26.7 Å². The molecule has 2 saturated heterocycles. The van der Waals surface area contributed by atoms with E-state index < -0.39 is 10.0 Å². The molecule has 2 fully saturated rings. The molecular weight excluding hydrogens is 448 g/mol. The van der Waals surface area contributed by atoms with Crippen LogP contribution >= 0.6 is 0 Å². The Hall–Kier alpha value is -2.66. The summed E-state index contributed by atoms with van der Waals surface area (Å²) in [6.07, 6.45) is 4.05. The van der Waals surface area contributed by atoms with Gasteiger partial charge in [0, 0.05) is 37.8 Å². The van der Waals surface area contributed by atoms with Gasteiger partial charge in [0.15, 0.2) is 11.5 Å². The van der Waals surface area contributed by atoms with E-state index in [4.69, 9.17) is 8.94 Å². The fourth-order valence-electron chi connectivity index (χ4n) is 4.69. The molecule has 180 valence electrons. The smallest absolute Gasteiger partial charge is 0.287 e. The lowest BCUT2D eigenvalue weighted by Gasteiger charge is -2.37. The second-order valence-corrected chi connectivity index (χ2v) is 10.7. The van der Waals surface area contributed by atoms with E-state index in [2.05, 4.69) is 10.5 Å². The molecule has 10 nitrogen and oxygen atoms in total. The van der Waals surface area contributed by atoms with E-state index in [1.54, 1.807) is 24.8 Å². The highest BCUT2D eigenvalue weighted by molar-refractivity contribution is 7.89. The Labute approximate surface area is 193 Å². The molecule has 2 aromatic heterocycles. The molecule has 0 saturated carbocycles. The van der Waals surface area contributed by atoms with Crippen molar-refractivity contribution in [3.05, 3.63) is 35.1 Å². The van der Waals surface area contributed by atoms with Crippen molar-refractivity contribution in [2.45, 2.75) is 57.4 Å². The van der Waals surface area contributed by atoms with E-state index in [1.807, 2.05) is 6.92 Å². The minimum Gasteiger partial charge on any atom is -0.459 e. The van der Waals surface area contributed by atoms with Crippen molar-refractivity contribution in [1.29, 1.82) is 0 Å². The predicted octanol–water partition coefficient (Wildman–Crippen LogP) is 2.01. The average Bonchev–Trinajstić information content (AvgIpc) is 3.38.